The van der Waals surface area contributed by atoms with E-state index < -0.39 is 0 Å². The highest BCUT2D eigenvalue weighted by Gasteiger charge is 1.93. The largest absolute Gasteiger partial charge is 0.378 e. The molecule has 3 N–H and O–H groups in total. The number of hydrazone groups is 1. The summed E-state index contributed by atoms with van der Waals surface area (Å²) in [5.41, 5.74) is 9.86. The first-order valence-electron chi connectivity index (χ1n) is 4.45. The first-order valence-corrected chi connectivity index (χ1v) is 4.86. The van der Waals surface area contributed by atoms with Gasteiger partial charge in [-0.3, -0.25) is 5.43 Å². The van der Waals surface area contributed by atoms with E-state index in [-0.39, 0.29) is 5.11 Å². The number of nitrogens with zero attached hydrogens (tertiary/aromatic N) is 2. The summed E-state index contributed by atoms with van der Waals surface area (Å²) in [5.74, 6) is 0. The van der Waals surface area contributed by atoms with Gasteiger partial charge in [0.15, 0.2) is 5.11 Å². The van der Waals surface area contributed by atoms with Crippen LogP contribution in [0.5, 0.6) is 0 Å². The third kappa shape index (κ3) is 3.95. The molecule has 15 heavy (non-hydrogen) atoms. The SMILES string of the molecule is CN(C)c1ccc(/C=N\NC(N)=S)cc1. The van der Waals surface area contributed by atoms with Gasteiger partial charge < -0.3 is 10.6 Å². The number of hydrogen-bond donors (Lipinski definition) is 2. The van der Waals surface area contributed by atoms with Crippen molar-refractivity contribution >= 4 is 29.2 Å². The summed E-state index contributed by atoms with van der Waals surface area (Å²) < 4.78 is 0. The van der Waals surface area contributed by atoms with E-state index in [4.69, 9.17) is 5.73 Å². The van der Waals surface area contributed by atoms with Crippen LogP contribution in [0, 0.1) is 0 Å². The van der Waals surface area contributed by atoms with Crippen molar-refractivity contribution in [3.8, 4) is 0 Å². The van der Waals surface area contributed by atoms with Crippen LogP contribution in [0.15, 0.2) is 29.4 Å². The molecule has 0 saturated carbocycles. The van der Waals surface area contributed by atoms with E-state index >= 15 is 0 Å². The molecule has 5 heteroatoms. The number of thiocarbonyl (C=S) groups is 1. The van der Waals surface area contributed by atoms with Crippen molar-refractivity contribution in [2.45, 2.75) is 0 Å². The van der Waals surface area contributed by atoms with E-state index in [0.29, 0.717) is 0 Å². The van der Waals surface area contributed by atoms with Gasteiger partial charge in [0.2, 0.25) is 0 Å². The zero-order valence-electron chi connectivity index (χ0n) is 8.77. The van der Waals surface area contributed by atoms with Gasteiger partial charge in [-0.2, -0.15) is 5.10 Å². The fraction of sp³-hybridized carbons (Fsp3) is 0.200. The lowest BCUT2D eigenvalue weighted by Crippen LogP contribution is -2.23. The van der Waals surface area contributed by atoms with Gasteiger partial charge in [0.1, 0.15) is 0 Å². The highest BCUT2D eigenvalue weighted by atomic mass is 32.1. The number of nitrogens with two attached hydrogens (primary N) is 1. The third-order valence-electron chi connectivity index (χ3n) is 1.80. The van der Waals surface area contributed by atoms with Crippen LogP contribution in [0.1, 0.15) is 5.56 Å². The average Bonchev–Trinajstić information content (AvgIpc) is 2.18. The van der Waals surface area contributed by atoms with Crippen LogP contribution < -0.4 is 16.1 Å². The van der Waals surface area contributed by atoms with E-state index in [1.54, 1.807) is 6.21 Å². The number of nitrogens with one attached hydrogen (secondary N) is 1. The van der Waals surface area contributed by atoms with Crippen LogP contribution in [0.2, 0.25) is 0 Å². The Balaban J connectivity index is 2.64. The lowest BCUT2D eigenvalue weighted by Gasteiger charge is -2.11. The van der Waals surface area contributed by atoms with Crippen LogP contribution in [0.4, 0.5) is 5.69 Å². The van der Waals surface area contributed by atoms with Crippen molar-refractivity contribution in [3.63, 3.8) is 0 Å². The Morgan fingerprint density at radius 3 is 2.47 bits per heavy atom. The smallest absolute Gasteiger partial charge is 0.184 e. The molecule has 0 spiro atoms. The van der Waals surface area contributed by atoms with Crippen LogP contribution in [-0.2, 0) is 0 Å². The van der Waals surface area contributed by atoms with Gasteiger partial charge in [-0.25, -0.2) is 0 Å². The average molecular weight is 222 g/mol. The van der Waals surface area contributed by atoms with E-state index in [1.165, 1.54) is 0 Å². The minimum absolute atomic E-state index is 0.163. The highest BCUT2D eigenvalue weighted by molar-refractivity contribution is 7.80. The molecule has 1 aromatic carbocycles. The first-order chi connectivity index (χ1) is 7.09. The molecule has 0 bridgehead atoms. The normalized spacial score (nSPS) is 10.3. The topological polar surface area (TPSA) is 53.6 Å². The van der Waals surface area contributed by atoms with Gasteiger partial charge in [-0.1, -0.05) is 12.1 Å². The molecule has 1 rings (SSSR count). The van der Waals surface area contributed by atoms with Gasteiger partial charge in [-0.05, 0) is 29.9 Å². The van der Waals surface area contributed by atoms with Crippen LogP contribution in [-0.4, -0.2) is 25.4 Å². The predicted molar refractivity (Wildman–Crippen MR) is 68.3 cm³/mol. The Hall–Kier alpha value is -1.62. The molecule has 4 nitrogen and oxygen atoms in total. The Bertz CT molecular complexity index is 356. The Morgan fingerprint density at radius 2 is 2.00 bits per heavy atom. The maximum absolute atomic E-state index is 5.22. The standard InChI is InChI=1S/C10H14N4S/c1-14(2)9-5-3-8(4-6-9)7-12-13-10(11)15/h3-7H,1-2H3,(H3,11,13,15)/b12-7-. The van der Waals surface area contributed by atoms with E-state index in [1.807, 2.05) is 43.3 Å². The Morgan fingerprint density at radius 1 is 1.40 bits per heavy atom. The predicted octanol–water partition coefficient (Wildman–Crippen LogP) is 0.920. The minimum atomic E-state index is 0.163. The second kappa shape index (κ2) is 5.31. The van der Waals surface area contributed by atoms with Crippen molar-refractivity contribution in [3.05, 3.63) is 29.8 Å². The van der Waals surface area contributed by atoms with Gasteiger partial charge in [0.05, 0.1) is 6.21 Å². The quantitative estimate of drug-likeness (QED) is 0.453. The molecule has 0 saturated heterocycles. The number of hydrogen-bond acceptors (Lipinski definition) is 3. The summed E-state index contributed by atoms with van der Waals surface area (Å²) >= 11 is 4.61. The summed E-state index contributed by atoms with van der Waals surface area (Å²) in [6.07, 6.45) is 1.67. The molecule has 0 aliphatic heterocycles. The maximum atomic E-state index is 5.22. The van der Waals surface area contributed by atoms with Crippen molar-refractivity contribution < 1.29 is 0 Å². The summed E-state index contributed by atoms with van der Waals surface area (Å²) in [6.45, 7) is 0. The second-order valence-electron chi connectivity index (χ2n) is 3.22. The van der Waals surface area contributed by atoms with Crippen molar-refractivity contribution in [1.82, 2.24) is 5.43 Å². The number of rotatable bonds is 3. The maximum Gasteiger partial charge on any atom is 0.184 e. The fourth-order valence-electron chi connectivity index (χ4n) is 1.03. The second-order valence-corrected chi connectivity index (χ2v) is 3.66. The molecule has 0 unspecified atom stereocenters. The van der Waals surface area contributed by atoms with E-state index in [2.05, 4.69) is 22.7 Å². The molecule has 80 valence electrons. The molecular formula is C10H14N4S. The molecule has 0 aromatic heterocycles. The summed E-state index contributed by atoms with van der Waals surface area (Å²) in [5, 5.41) is 4.02. The van der Waals surface area contributed by atoms with E-state index in [9.17, 15) is 0 Å². The molecule has 0 atom stereocenters. The molecule has 0 fully saturated rings. The molecule has 0 radical (unpaired) electrons. The molecular weight excluding hydrogens is 208 g/mol. The van der Waals surface area contributed by atoms with Crippen molar-refractivity contribution in [1.29, 1.82) is 0 Å². The van der Waals surface area contributed by atoms with Gasteiger partial charge >= 0.3 is 0 Å². The van der Waals surface area contributed by atoms with Gasteiger partial charge in [-0.15, -0.1) is 0 Å². The monoisotopic (exact) mass is 222 g/mol. The van der Waals surface area contributed by atoms with Crippen LogP contribution in [0.25, 0.3) is 0 Å². The molecule has 0 amide bonds. The fourth-order valence-corrected chi connectivity index (χ4v) is 1.08. The van der Waals surface area contributed by atoms with Gasteiger partial charge in [0.25, 0.3) is 0 Å². The number of benzene rings is 1. The Kier molecular flexibility index (Phi) is 4.05. The molecule has 1 aromatic rings. The zero-order chi connectivity index (χ0) is 11.3. The molecule has 0 aliphatic carbocycles. The van der Waals surface area contributed by atoms with Crippen LogP contribution >= 0.6 is 12.2 Å². The number of anilines is 1. The third-order valence-corrected chi connectivity index (χ3v) is 1.89. The van der Waals surface area contributed by atoms with Crippen molar-refractivity contribution in [2.24, 2.45) is 10.8 Å². The summed E-state index contributed by atoms with van der Waals surface area (Å²) in [4.78, 5) is 2.04. The highest BCUT2D eigenvalue weighted by Crippen LogP contribution is 2.10. The van der Waals surface area contributed by atoms with Gasteiger partial charge in [0, 0.05) is 19.8 Å². The lowest BCUT2D eigenvalue weighted by molar-refractivity contribution is 1.04. The summed E-state index contributed by atoms with van der Waals surface area (Å²) in [7, 11) is 4.00. The van der Waals surface area contributed by atoms with E-state index in [0.717, 1.165) is 11.3 Å². The van der Waals surface area contributed by atoms with Crippen LogP contribution in [0.3, 0.4) is 0 Å². The lowest BCUT2D eigenvalue weighted by atomic mass is 10.2. The Labute approximate surface area is 94.8 Å². The first kappa shape index (κ1) is 11.5. The minimum Gasteiger partial charge on any atom is -0.378 e. The molecule has 0 aliphatic rings. The zero-order valence-corrected chi connectivity index (χ0v) is 9.58. The summed E-state index contributed by atoms with van der Waals surface area (Å²) in [6, 6.07) is 7.98. The van der Waals surface area contributed by atoms with Crippen molar-refractivity contribution in [2.75, 3.05) is 19.0 Å². The molecule has 0 heterocycles.